The molecule has 0 N–H and O–H groups in total. The molecule has 0 atom stereocenters. The van der Waals surface area contributed by atoms with Gasteiger partial charge in [-0.3, -0.25) is 0 Å². The van der Waals surface area contributed by atoms with Gasteiger partial charge in [0.25, 0.3) is 0 Å². The fourth-order valence-electron chi connectivity index (χ4n) is 1.32. The Hall–Kier alpha value is 0.01000. The molecular weight excluding hydrogens is 228 g/mol. The van der Waals surface area contributed by atoms with Crippen LogP contribution in [0.1, 0.15) is 16.7 Å². The molecule has 1 heterocycles. The van der Waals surface area contributed by atoms with Crippen molar-refractivity contribution in [2.24, 2.45) is 0 Å². The molecule has 0 amide bonds. The molecular formula is C11H14S3. The minimum Gasteiger partial charge on any atom is -0.0564 e. The predicted octanol–water partition coefficient (Wildman–Crippen LogP) is 5.11. The Morgan fingerprint density at radius 3 is 1.29 bits per heavy atom. The summed E-state index contributed by atoms with van der Waals surface area (Å²) in [5, 5.41) is 4.16. The number of hydrogen-bond acceptors (Lipinski definition) is 3. The van der Waals surface area contributed by atoms with E-state index in [4.69, 9.17) is 0 Å². The normalized spacial score (nSPS) is 13.6. The van der Waals surface area contributed by atoms with E-state index in [2.05, 4.69) is 49.8 Å². The van der Waals surface area contributed by atoms with Crippen LogP contribution in [0.5, 0.6) is 0 Å². The molecule has 0 nitrogen and oxygen atoms in total. The highest BCUT2D eigenvalue weighted by atomic mass is 33.5. The minimum absolute atomic E-state index is 1.35. The second kappa shape index (κ2) is 6.49. The van der Waals surface area contributed by atoms with Crippen molar-refractivity contribution in [1.82, 2.24) is 0 Å². The summed E-state index contributed by atoms with van der Waals surface area (Å²) >= 11 is 0. The number of benzene rings is 1. The Bertz CT molecular complexity index is 262. The number of rotatable bonds is 0. The highest BCUT2D eigenvalue weighted by Crippen LogP contribution is 2.42. The molecule has 0 fully saturated rings. The molecule has 1 aliphatic rings. The van der Waals surface area contributed by atoms with Crippen LogP contribution in [0.3, 0.4) is 0 Å². The first-order valence-electron chi connectivity index (χ1n) is 4.37. The quantitative estimate of drug-likeness (QED) is 0.580. The molecule has 2 rings (SSSR count). The third-order valence-corrected chi connectivity index (χ3v) is 4.99. The van der Waals surface area contributed by atoms with Gasteiger partial charge in [-0.1, -0.05) is 56.5 Å². The molecule has 0 aliphatic carbocycles. The average Bonchev–Trinajstić information content (AvgIpc) is 2.56. The van der Waals surface area contributed by atoms with Crippen LogP contribution in [0.4, 0.5) is 0 Å². The van der Waals surface area contributed by atoms with E-state index in [9.17, 15) is 0 Å². The Kier molecular flexibility index (Phi) is 5.60. The van der Waals surface area contributed by atoms with Gasteiger partial charge in [0.1, 0.15) is 0 Å². The second-order valence-corrected chi connectivity index (χ2v) is 7.05. The molecule has 0 spiro atoms. The highest BCUT2D eigenvalue weighted by Gasteiger charge is 1.87. The summed E-state index contributed by atoms with van der Waals surface area (Å²) in [6.07, 6.45) is 0. The van der Waals surface area contributed by atoms with Crippen LogP contribution in [0.2, 0.25) is 0 Å². The lowest BCUT2D eigenvalue weighted by atomic mass is 10.1. The van der Waals surface area contributed by atoms with Gasteiger partial charge in [-0.05, 0) is 41.4 Å². The van der Waals surface area contributed by atoms with E-state index in [1.807, 2.05) is 0 Å². The molecule has 0 saturated carbocycles. The van der Waals surface area contributed by atoms with Crippen molar-refractivity contribution >= 4 is 31.4 Å². The first kappa shape index (κ1) is 12.1. The molecule has 14 heavy (non-hydrogen) atoms. The maximum Gasteiger partial charge on any atom is -0.0101 e. The van der Waals surface area contributed by atoms with Crippen molar-refractivity contribution in [3.05, 3.63) is 45.7 Å². The maximum atomic E-state index is 2.19. The van der Waals surface area contributed by atoms with Gasteiger partial charge in [-0.25, -0.2) is 0 Å². The topological polar surface area (TPSA) is 0 Å². The van der Waals surface area contributed by atoms with Crippen LogP contribution in [-0.2, 0) is 0 Å². The molecule has 1 aliphatic heterocycles. The average molecular weight is 242 g/mol. The molecule has 76 valence electrons. The predicted molar refractivity (Wildman–Crippen MR) is 72.6 cm³/mol. The third-order valence-electron chi connectivity index (χ3n) is 1.61. The van der Waals surface area contributed by atoms with Crippen molar-refractivity contribution in [3.63, 3.8) is 0 Å². The monoisotopic (exact) mass is 242 g/mol. The van der Waals surface area contributed by atoms with Gasteiger partial charge < -0.3 is 0 Å². The van der Waals surface area contributed by atoms with Crippen LogP contribution in [0.25, 0.3) is 0 Å². The Morgan fingerprint density at radius 1 is 0.714 bits per heavy atom. The van der Waals surface area contributed by atoms with Gasteiger partial charge >= 0.3 is 0 Å². The first-order chi connectivity index (χ1) is 6.68. The zero-order valence-electron chi connectivity index (χ0n) is 8.61. The lowest BCUT2D eigenvalue weighted by molar-refractivity contribution is 1.32. The van der Waals surface area contributed by atoms with Crippen molar-refractivity contribution in [2.45, 2.75) is 20.8 Å². The van der Waals surface area contributed by atoms with Crippen molar-refractivity contribution < 1.29 is 0 Å². The summed E-state index contributed by atoms with van der Waals surface area (Å²) in [5.41, 5.74) is 4.06. The standard InChI is InChI=1S/C9H12.C2H2S3/c1-7-4-8(2)6-9(3)5-7;1-2-4-5-3-1/h4-6H,1-3H3;1-2H. The highest BCUT2D eigenvalue weighted by molar-refractivity contribution is 9.11. The van der Waals surface area contributed by atoms with E-state index in [1.54, 1.807) is 31.4 Å². The molecule has 0 unspecified atom stereocenters. The van der Waals surface area contributed by atoms with E-state index < -0.39 is 0 Å². The molecule has 0 saturated heterocycles. The molecule has 0 aromatic heterocycles. The van der Waals surface area contributed by atoms with Gasteiger partial charge in [-0.2, -0.15) is 0 Å². The van der Waals surface area contributed by atoms with E-state index in [-0.39, 0.29) is 0 Å². The summed E-state index contributed by atoms with van der Waals surface area (Å²) < 4.78 is 0. The van der Waals surface area contributed by atoms with E-state index in [1.165, 1.54) is 16.7 Å². The minimum atomic E-state index is 1.35. The zero-order chi connectivity index (χ0) is 10.4. The fourth-order valence-corrected chi connectivity index (χ4v) is 4.26. The zero-order valence-corrected chi connectivity index (χ0v) is 11.1. The van der Waals surface area contributed by atoms with Gasteiger partial charge in [-0.15, -0.1) is 0 Å². The van der Waals surface area contributed by atoms with Gasteiger partial charge in [0.05, 0.1) is 0 Å². The largest absolute Gasteiger partial charge is 0.0564 e. The van der Waals surface area contributed by atoms with Crippen LogP contribution in [0, 0.1) is 20.8 Å². The van der Waals surface area contributed by atoms with Gasteiger partial charge in [0.15, 0.2) is 0 Å². The van der Waals surface area contributed by atoms with Crippen LogP contribution < -0.4 is 0 Å². The van der Waals surface area contributed by atoms with Gasteiger partial charge in [0, 0.05) is 0 Å². The van der Waals surface area contributed by atoms with Crippen LogP contribution in [0.15, 0.2) is 29.0 Å². The summed E-state index contributed by atoms with van der Waals surface area (Å²) in [7, 11) is 5.34. The van der Waals surface area contributed by atoms with Crippen molar-refractivity contribution in [1.29, 1.82) is 0 Å². The Balaban J connectivity index is 0.000000165. The lowest BCUT2D eigenvalue weighted by Crippen LogP contribution is -1.78. The van der Waals surface area contributed by atoms with Gasteiger partial charge in [0.2, 0.25) is 0 Å². The van der Waals surface area contributed by atoms with E-state index in [0.29, 0.717) is 0 Å². The lowest BCUT2D eigenvalue weighted by Gasteiger charge is -1.96. The van der Waals surface area contributed by atoms with E-state index >= 15 is 0 Å². The molecule has 1 aromatic carbocycles. The van der Waals surface area contributed by atoms with Crippen molar-refractivity contribution in [3.8, 4) is 0 Å². The van der Waals surface area contributed by atoms with Crippen LogP contribution >= 0.6 is 31.4 Å². The summed E-state index contributed by atoms with van der Waals surface area (Å²) in [6.45, 7) is 6.38. The third kappa shape index (κ3) is 5.03. The Morgan fingerprint density at radius 2 is 1.07 bits per heavy atom. The van der Waals surface area contributed by atoms with Crippen LogP contribution in [-0.4, -0.2) is 0 Å². The maximum absolute atomic E-state index is 2.19. The number of aryl methyl sites for hydroxylation is 3. The smallest absolute Gasteiger partial charge is 0.0101 e. The summed E-state index contributed by atoms with van der Waals surface area (Å²) in [4.78, 5) is 0. The summed E-state index contributed by atoms with van der Waals surface area (Å²) in [6, 6.07) is 6.56. The SMILES string of the molecule is C1=CSSS1.Cc1cc(C)cc(C)c1. The van der Waals surface area contributed by atoms with Crippen molar-refractivity contribution in [2.75, 3.05) is 0 Å². The molecule has 3 heteroatoms. The molecule has 1 aromatic rings. The Labute approximate surface area is 97.7 Å². The number of hydrogen-bond donors (Lipinski definition) is 0. The molecule has 0 bridgehead atoms. The fraction of sp³-hybridized carbons (Fsp3) is 0.273. The molecule has 0 radical (unpaired) electrons. The first-order valence-corrected chi connectivity index (χ1v) is 7.98. The van der Waals surface area contributed by atoms with E-state index in [0.717, 1.165) is 0 Å². The summed E-state index contributed by atoms with van der Waals surface area (Å²) in [5.74, 6) is 0. The second-order valence-electron chi connectivity index (χ2n) is 3.20.